The lowest BCUT2D eigenvalue weighted by molar-refractivity contribution is 0.150. The van der Waals surface area contributed by atoms with E-state index in [1.54, 1.807) is 0 Å². The molecule has 0 aromatic rings. The molecule has 0 spiro atoms. The molecule has 0 fully saturated rings. The molecule has 0 radical (unpaired) electrons. The fourth-order valence-electron chi connectivity index (χ4n) is 1.52. The molecule has 3 N–H and O–H groups in total. The van der Waals surface area contributed by atoms with Crippen LogP contribution in [-0.2, 0) is 13.6 Å². The van der Waals surface area contributed by atoms with Crippen LogP contribution in [0.25, 0.3) is 0 Å². The van der Waals surface area contributed by atoms with Gasteiger partial charge in [0.05, 0.1) is 19.8 Å². The van der Waals surface area contributed by atoms with Crippen molar-refractivity contribution in [3.8, 4) is 0 Å². The van der Waals surface area contributed by atoms with Crippen molar-refractivity contribution in [1.29, 1.82) is 0 Å². The van der Waals surface area contributed by atoms with Crippen molar-refractivity contribution in [2.75, 3.05) is 45.6 Å². The Morgan fingerprint density at radius 3 is 1.88 bits per heavy atom. The van der Waals surface area contributed by atoms with Crippen molar-refractivity contribution >= 4 is 7.94 Å². The Morgan fingerprint density at radius 2 is 1.47 bits per heavy atom. The van der Waals surface area contributed by atoms with Gasteiger partial charge in [-0.25, -0.2) is 0 Å². The molecule has 6 heteroatoms. The van der Waals surface area contributed by atoms with Gasteiger partial charge in [-0.15, -0.1) is 0 Å². The molecule has 0 bridgehead atoms. The maximum absolute atomic E-state index is 5.73. The van der Waals surface area contributed by atoms with Crippen LogP contribution in [0.5, 0.6) is 0 Å². The Kier molecular flexibility index (Phi) is 11.5. The smallest absolute Gasteiger partial charge is 0.329 e. The first-order valence-corrected chi connectivity index (χ1v) is 8.19. The molecule has 0 unspecified atom stereocenters. The number of nitrogens with one attached hydrogen (secondary N) is 1. The summed E-state index contributed by atoms with van der Waals surface area (Å²) >= 11 is 0. The summed E-state index contributed by atoms with van der Waals surface area (Å²) < 4.78 is 17.2. The van der Waals surface area contributed by atoms with Crippen molar-refractivity contribution in [3.05, 3.63) is 0 Å². The van der Waals surface area contributed by atoms with Crippen LogP contribution in [0.3, 0.4) is 0 Å². The normalized spacial score (nSPS) is 12.0. The number of nitrogens with two attached hydrogens (primary N) is 1. The summed E-state index contributed by atoms with van der Waals surface area (Å²) in [6.07, 6.45) is 1.81. The summed E-state index contributed by atoms with van der Waals surface area (Å²) in [5.74, 6) is 0. The van der Waals surface area contributed by atoms with Gasteiger partial charge >= 0.3 is 7.94 Å². The largest absolute Gasteiger partial charge is 0.411 e. The van der Waals surface area contributed by atoms with Gasteiger partial charge in [-0.1, -0.05) is 0 Å². The lowest BCUT2D eigenvalue weighted by Gasteiger charge is -2.20. The lowest BCUT2D eigenvalue weighted by atomic mass is 10.5. The Balaban J connectivity index is 4.05. The highest BCUT2D eigenvalue weighted by Crippen LogP contribution is 2.62. The van der Waals surface area contributed by atoms with Gasteiger partial charge in [-0.05, 0) is 27.3 Å². The van der Waals surface area contributed by atoms with E-state index in [2.05, 4.69) is 5.32 Å². The molecule has 0 atom stereocenters. The summed E-state index contributed by atoms with van der Waals surface area (Å²) in [4.78, 5) is 0. The molecule has 0 saturated heterocycles. The third kappa shape index (κ3) is 8.03. The second kappa shape index (κ2) is 11.3. The van der Waals surface area contributed by atoms with E-state index in [0.29, 0.717) is 26.4 Å². The standard InChI is InChI=1S/C11H28N2O3P/c1-4-14-17(15-5-2,16-6-3)11-7-9-13-10-8-12/h13H,4-12H2,1-3H3/q+1. The van der Waals surface area contributed by atoms with Crippen LogP contribution in [0.2, 0.25) is 0 Å². The minimum absolute atomic E-state index is 0.629. The van der Waals surface area contributed by atoms with E-state index in [-0.39, 0.29) is 0 Å². The Morgan fingerprint density at radius 1 is 0.941 bits per heavy atom. The molecule has 0 aliphatic carbocycles. The minimum Gasteiger partial charge on any atom is -0.329 e. The van der Waals surface area contributed by atoms with Crippen LogP contribution in [-0.4, -0.2) is 45.6 Å². The predicted molar refractivity (Wildman–Crippen MR) is 73.2 cm³/mol. The lowest BCUT2D eigenvalue weighted by Crippen LogP contribution is -2.24. The first kappa shape index (κ1) is 17.2. The molecule has 17 heavy (non-hydrogen) atoms. The topological polar surface area (TPSA) is 65.7 Å². The highest BCUT2D eigenvalue weighted by molar-refractivity contribution is 7.61. The molecule has 0 aliphatic rings. The van der Waals surface area contributed by atoms with Crippen LogP contribution in [0, 0.1) is 0 Å². The van der Waals surface area contributed by atoms with Crippen LogP contribution in [0.15, 0.2) is 0 Å². The molecule has 0 aromatic carbocycles. The van der Waals surface area contributed by atoms with Gasteiger partial charge in [-0.2, -0.15) is 13.6 Å². The maximum Gasteiger partial charge on any atom is 0.411 e. The minimum atomic E-state index is -2.12. The zero-order valence-corrected chi connectivity index (χ0v) is 12.3. The summed E-state index contributed by atoms with van der Waals surface area (Å²) in [6.45, 7) is 10.2. The Labute approximate surface area is 106 Å². The Hall–Kier alpha value is 0.230. The zero-order valence-electron chi connectivity index (χ0n) is 11.4. The third-order valence-electron chi connectivity index (χ3n) is 2.08. The SMILES string of the molecule is CCO[P+](CCCNCCN)(OCC)OCC. The summed E-state index contributed by atoms with van der Waals surface area (Å²) in [7, 11) is -2.12. The third-order valence-corrected chi connectivity index (χ3v) is 4.90. The van der Waals surface area contributed by atoms with Gasteiger partial charge < -0.3 is 11.1 Å². The van der Waals surface area contributed by atoms with Gasteiger partial charge in [0.2, 0.25) is 0 Å². The van der Waals surface area contributed by atoms with Crippen LogP contribution in [0.4, 0.5) is 0 Å². The summed E-state index contributed by atoms with van der Waals surface area (Å²) in [5.41, 5.74) is 5.41. The summed E-state index contributed by atoms with van der Waals surface area (Å²) in [6, 6.07) is 0. The molecule has 0 amide bonds. The second-order valence-corrected chi connectivity index (χ2v) is 5.92. The quantitative estimate of drug-likeness (QED) is 0.417. The molecule has 0 saturated carbocycles. The van der Waals surface area contributed by atoms with Crippen molar-refractivity contribution < 1.29 is 13.6 Å². The van der Waals surface area contributed by atoms with Crippen molar-refractivity contribution in [2.45, 2.75) is 27.2 Å². The van der Waals surface area contributed by atoms with E-state index in [0.717, 1.165) is 25.7 Å². The number of hydrogen-bond acceptors (Lipinski definition) is 5. The number of rotatable bonds is 12. The zero-order chi connectivity index (χ0) is 13.0. The fourth-order valence-corrected chi connectivity index (χ4v) is 3.86. The van der Waals surface area contributed by atoms with Crippen LogP contribution < -0.4 is 11.1 Å². The first-order chi connectivity index (χ1) is 8.24. The van der Waals surface area contributed by atoms with Crippen molar-refractivity contribution in [2.24, 2.45) is 5.73 Å². The predicted octanol–water partition coefficient (Wildman–Crippen LogP) is 1.80. The van der Waals surface area contributed by atoms with Gasteiger partial charge in [0, 0.05) is 19.5 Å². The van der Waals surface area contributed by atoms with Crippen LogP contribution >= 0.6 is 7.94 Å². The van der Waals surface area contributed by atoms with Gasteiger partial charge in [0.15, 0.2) is 0 Å². The average molecular weight is 267 g/mol. The fraction of sp³-hybridized carbons (Fsp3) is 1.00. The first-order valence-electron chi connectivity index (χ1n) is 6.47. The van der Waals surface area contributed by atoms with Gasteiger partial charge in [0.25, 0.3) is 0 Å². The summed E-state index contributed by atoms with van der Waals surface area (Å²) in [5, 5.41) is 3.26. The van der Waals surface area contributed by atoms with E-state index in [1.807, 2.05) is 20.8 Å². The molecule has 104 valence electrons. The molecular weight excluding hydrogens is 239 g/mol. The van der Waals surface area contributed by atoms with E-state index in [9.17, 15) is 0 Å². The van der Waals surface area contributed by atoms with E-state index in [4.69, 9.17) is 19.3 Å². The van der Waals surface area contributed by atoms with Gasteiger partial charge in [-0.3, -0.25) is 0 Å². The molecule has 0 heterocycles. The Bertz CT molecular complexity index is 156. The van der Waals surface area contributed by atoms with Crippen LogP contribution in [0.1, 0.15) is 27.2 Å². The molecule has 5 nitrogen and oxygen atoms in total. The second-order valence-electron chi connectivity index (χ2n) is 3.48. The highest BCUT2D eigenvalue weighted by Gasteiger charge is 2.43. The van der Waals surface area contributed by atoms with E-state index < -0.39 is 7.94 Å². The van der Waals surface area contributed by atoms with Gasteiger partial charge in [0.1, 0.15) is 6.16 Å². The molecular formula is C11H28N2O3P+. The molecule has 0 aromatic heterocycles. The molecule has 0 aliphatic heterocycles. The van der Waals surface area contributed by atoms with Crippen molar-refractivity contribution in [3.63, 3.8) is 0 Å². The average Bonchev–Trinajstić information content (AvgIpc) is 2.30. The van der Waals surface area contributed by atoms with E-state index >= 15 is 0 Å². The van der Waals surface area contributed by atoms with E-state index in [1.165, 1.54) is 0 Å². The monoisotopic (exact) mass is 267 g/mol. The maximum atomic E-state index is 5.73. The van der Waals surface area contributed by atoms with Crippen molar-refractivity contribution in [1.82, 2.24) is 5.32 Å². The highest BCUT2D eigenvalue weighted by atomic mass is 31.2. The number of hydrogen-bond donors (Lipinski definition) is 2. The molecule has 0 rings (SSSR count).